The Hall–Kier alpha value is -3.65. The number of benzene rings is 4. The maximum absolute atomic E-state index is 13.7. The molecule has 33 heavy (non-hydrogen) atoms. The topological polar surface area (TPSA) is 52.9 Å². The third-order valence-corrected chi connectivity index (χ3v) is 5.91. The van der Waals surface area contributed by atoms with Crippen LogP contribution >= 0.6 is 23.2 Å². The summed E-state index contributed by atoms with van der Waals surface area (Å²) in [4.78, 5) is 12.9. The average Bonchev–Trinajstić information content (AvgIpc) is 2.80. The van der Waals surface area contributed by atoms with Crippen LogP contribution in [0.3, 0.4) is 0 Å². The van der Waals surface area contributed by atoms with Crippen LogP contribution in [0, 0.1) is 17.1 Å². The summed E-state index contributed by atoms with van der Waals surface area (Å²) in [5.74, 6) is -0.885. The van der Waals surface area contributed by atoms with Gasteiger partial charge in [0.1, 0.15) is 17.5 Å². The predicted molar refractivity (Wildman–Crippen MR) is 132 cm³/mol. The Morgan fingerprint density at radius 3 is 2.55 bits per heavy atom. The zero-order valence-corrected chi connectivity index (χ0v) is 18.8. The maximum Gasteiger partial charge on any atom is 0.266 e. The fraction of sp³-hybridized carbons (Fsp3) is 0.0370. The zero-order chi connectivity index (χ0) is 23.4. The summed E-state index contributed by atoms with van der Waals surface area (Å²) >= 11 is 12.0. The van der Waals surface area contributed by atoms with E-state index in [1.165, 1.54) is 18.2 Å². The van der Waals surface area contributed by atoms with Gasteiger partial charge in [0.25, 0.3) is 5.91 Å². The lowest BCUT2D eigenvalue weighted by Gasteiger charge is -2.12. The van der Waals surface area contributed by atoms with E-state index in [1.807, 2.05) is 48.5 Å². The molecule has 3 nitrogen and oxygen atoms in total. The molecule has 162 valence electrons. The van der Waals surface area contributed by atoms with Crippen molar-refractivity contribution in [2.24, 2.45) is 0 Å². The molecule has 1 amide bonds. The van der Waals surface area contributed by atoms with Crippen LogP contribution < -0.4 is 5.32 Å². The summed E-state index contributed by atoms with van der Waals surface area (Å²) < 4.78 is 13.7. The largest absolute Gasteiger partial charge is 0.321 e. The Kier molecular flexibility index (Phi) is 6.74. The standard InChI is InChI=1S/C27H17Cl2FN2O/c28-25-11-10-22(15-26(25)29)32-27(33)20(16-31)14-24-19(12-17-4-3-6-21(30)13-17)9-8-18-5-1-2-7-23(18)24/h1-11,13-15H,12H2,(H,32,33)/b20-14+. The molecule has 0 saturated carbocycles. The fourth-order valence-corrected chi connectivity index (χ4v) is 3.90. The van der Waals surface area contributed by atoms with Gasteiger partial charge in [-0.2, -0.15) is 5.26 Å². The normalized spacial score (nSPS) is 11.3. The van der Waals surface area contributed by atoms with Crippen molar-refractivity contribution in [3.8, 4) is 6.07 Å². The summed E-state index contributed by atoms with van der Waals surface area (Å²) in [7, 11) is 0. The number of anilines is 1. The molecule has 0 radical (unpaired) electrons. The lowest BCUT2D eigenvalue weighted by atomic mass is 9.93. The van der Waals surface area contributed by atoms with Crippen LogP contribution in [0.4, 0.5) is 10.1 Å². The van der Waals surface area contributed by atoms with E-state index in [9.17, 15) is 14.4 Å². The number of fused-ring (bicyclic) bond motifs is 1. The second kappa shape index (κ2) is 9.87. The van der Waals surface area contributed by atoms with E-state index < -0.39 is 5.91 Å². The lowest BCUT2D eigenvalue weighted by molar-refractivity contribution is -0.112. The van der Waals surface area contributed by atoms with Crippen molar-refractivity contribution >= 4 is 51.6 Å². The fourth-order valence-electron chi connectivity index (χ4n) is 3.60. The maximum atomic E-state index is 13.7. The number of nitrogens with zero attached hydrogens (tertiary/aromatic N) is 1. The molecular weight excluding hydrogens is 458 g/mol. The molecule has 0 aliphatic carbocycles. The van der Waals surface area contributed by atoms with Gasteiger partial charge >= 0.3 is 0 Å². The molecule has 0 saturated heterocycles. The Morgan fingerprint density at radius 2 is 1.79 bits per heavy atom. The molecule has 6 heteroatoms. The SMILES string of the molecule is N#C/C(=C\c1c(Cc2cccc(F)c2)ccc2ccccc12)C(=O)Nc1ccc(Cl)c(Cl)c1. The Labute approximate surface area is 200 Å². The van der Waals surface area contributed by atoms with Crippen LogP contribution in [0.25, 0.3) is 16.8 Å². The number of carbonyl (C=O) groups excluding carboxylic acids is 1. The number of amides is 1. The van der Waals surface area contributed by atoms with E-state index in [-0.39, 0.29) is 11.4 Å². The average molecular weight is 475 g/mol. The van der Waals surface area contributed by atoms with Crippen LogP contribution in [0.15, 0.2) is 84.4 Å². The van der Waals surface area contributed by atoms with Crippen molar-refractivity contribution in [3.05, 3.63) is 117 Å². The second-order valence-electron chi connectivity index (χ2n) is 7.42. The number of hydrogen-bond acceptors (Lipinski definition) is 2. The molecule has 0 unspecified atom stereocenters. The smallest absolute Gasteiger partial charge is 0.266 e. The highest BCUT2D eigenvalue weighted by Gasteiger charge is 2.14. The van der Waals surface area contributed by atoms with Gasteiger partial charge in [-0.25, -0.2) is 4.39 Å². The quantitative estimate of drug-likeness (QED) is 0.241. The molecule has 0 aromatic heterocycles. The Balaban J connectivity index is 1.76. The van der Waals surface area contributed by atoms with Crippen molar-refractivity contribution in [1.29, 1.82) is 5.26 Å². The van der Waals surface area contributed by atoms with E-state index in [1.54, 1.807) is 24.3 Å². The first kappa shape index (κ1) is 22.5. The molecule has 4 aromatic rings. The third-order valence-electron chi connectivity index (χ3n) is 5.18. The van der Waals surface area contributed by atoms with Gasteiger partial charge in [0.15, 0.2) is 0 Å². The van der Waals surface area contributed by atoms with Gasteiger partial charge in [0.2, 0.25) is 0 Å². The van der Waals surface area contributed by atoms with Crippen LogP contribution in [-0.2, 0) is 11.2 Å². The molecule has 4 aromatic carbocycles. The van der Waals surface area contributed by atoms with Crippen LogP contribution in [0.1, 0.15) is 16.7 Å². The van der Waals surface area contributed by atoms with Gasteiger partial charge in [-0.15, -0.1) is 0 Å². The molecular formula is C27H17Cl2FN2O. The summed E-state index contributed by atoms with van der Waals surface area (Å²) in [6.07, 6.45) is 2.02. The Bertz CT molecular complexity index is 1440. The lowest BCUT2D eigenvalue weighted by Crippen LogP contribution is -2.13. The van der Waals surface area contributed by atoms with E-state index in [2.05, 4.69) is 5.32 Å². The third kappa shape index (κ3) is 5.23. The first-order chi connectivity index (χ1) is 15.9. The molecule has 4 rings (SSSR count). The van der Waals surface area contributed by atoms with E-state index in [0.717, 1.165) is 27.5 Å². The minimum atomic E-state index is -0.569. The molecule has 0 aliphatic heterocycles. The van der Waals surface area contributed by atoms with E-state index in [0.29, 0.717) is 22.2 Å². The Morgan fingerprint density at radius 1 is 0.970 bits per heavy atom. The first-order valence-electron chi connectivity index (χ1n) is 10.1. The van der Waals surface area contributed by atoms with Crippen LogP contribution in [-0.4, -0.2) is 5.91 Å². The number of nitriles is 1. The number of carbonyl (C=O) groups is 1. The van der Waals surface area contributed by atoms with Gasteiger partial charge < -0.3 is 5.32 Å². The van der Waals surface area contributed by atoms with Gasteiger partial charge in [-0.3, -0.25) is 4.79 Å². The molecule has 0 bridgehead atoms. The van der Waals surface area contributed by atoms with Gasteiger partial charge in [0.05, 0.1) is 10.0 Å². The highest BCUT2D eigenvalue weighted by Crippen LogP contribution is 2.28. The van der Waals surface area contributed by atoms with E-state index in [4.69, 9.17) is 23.2 Å². The predicted octanol–water partition coefficient (Wildman–Crippen LogP) is 7.42. The molecule has 0 fully saturated rings. The molecule has 0 atom stereocenters. The number of nitrogens with one attached hydrogen (secondary N) is 1. The minimum Gasteiger partial charge on any atom is -0.321 e. The van der Waals surface area contributed by atoms with Gasteiger partial charge in [0, 0.05) is 5.69 Å². The van der Waals surface area contributed by atoms with Crippen molar-refractivity contribution in [2.45, 2.75) is 6.42 Å². The highest BCUT2D eigenvalue weighted by molar-refractivity contribution is 6.42. The van der Waals surface area contributed by atoms with Crippen LogP contribution in [0.5, 0.6) is 0 Å². The van der Waals surface area contributed by atoms with Crippen molar-refractivity contribution in [1.82, 2.24) is 0 Å². The van der Waals surface area contributed by atoms with Gasteiger partial charge in [-0.05, 0) is 70.3 Å². The minimum absolute atomic E-state index is 0.0714. The summed E-state index contributed by atoms with van der Waals surface area (Å²) in [5, 5.41) is 14.9. The molecule has 0 heterocycles. The molecule has 0 aliphatic rings. The highest BCUT2D eigenvalue weighted by atomic mass is 35.5. The summed E-state index contributed by atoms with van der Waals surface area (Å²) in [5.41, 5.74) is 2.75. The van der Waals surface area contributed by atoms with Crippen molar-refractivity contribution < 1.29 is 9.18 Å². The van der Waals surface area contributed by atoms with Crippen LogP contribution in [0.2, 0.25) is 10.0 Å². The number of hydrogen-bond donors (Lipinski definition) is 1. The van der Waals surface area contributed by atoms with E-state index >= 15 is 0 Å². The first-order valence-corrected chi connectivity index (χ1v) is 10.8. The summed E-state index contributed by atoms with van der Waals surface area (Å²) in [6.45, 7) is 0. The van der Waals surface area contributed by atoms with Crippen molar-refractivity contribution in [3.63, 3.8) is 0 Å². The summed E-state index contributed by atoms with van der Waals surface area (Å²) in [6, 6.07) is 24.7. The monoisotopic (exact) mass is 474 g/mol. The number of halogens is 3. The second-order valence-corrected chi connectivity index (χ2v) is 8.23. The molecule has 0 spiro atoms. The zero-order valence-electron chi connectivity index (χ0n) is 17.3. The van der Waals surface area contributed by atoms with Gasteiger partial charge in [-0.1, -0.05) is 71.7 Å². The number of rotatable bonds is 5. The molecule has 1 N–H and O–H groups in total. The van der Waals surface area contributed by atoms with Crippen molar-refractivity contribution in [2.75, 3.05) is 5.32 Å².